The SMILES string of the molecule is C#CC(CC(=O)O)Nc1ccccn1. The summed E-state index contributed by atoms with van der Waals surface area (Å²) in [6.07, 6.45) is 6.66. The fourth-order valence-corrected chi connectivity index (χ4v) is 0.953. The van der Waals surface area contributed by atoms with E-state index in [0.717, 1.165) is 0 Å². The number of anilines is 1. The number of pyridine rings is 1. The third-order valence-corrected chi connectivity index (χ3v) is 1.57. The van der Waals surface area contributed by atoms with E-state index in [-0.39, 0.29) is 6.42 Å². The number of aromatic nitrogens is 1. The largest absolute Gasteiger partial charge is 0.481 e. The summed E-state index contributed by atoms with van der Waals surface area (Å²) in [6, 6.07) is 4.77. The molecule has 0 spiro atoms. The van der Waals surface area contributed by atoms with Crippen molar-refractivity contribution in [2.24, 2.45) is 0 Å². The molecule has 0 aliphatic rings. The molecule has 14 heavy (non-hydrogen) atoms. The molecule has 0 radical (unpaired) electrons. The summed E-state index contributed by atoms with van der Waals surface area (Å²) in [5.74, 6) is 2.00. The Balaban J connectivity index is 2.58. The van der Waals surface area contributed by atoms with Gasteiger partial charge in [-0.3, -0.25) is 4.79 Å². The Morgan fingerprint density at radius 2 is 2.50 bits per heavy atom. The van der Waals surface area contributed by atoms with Gasteiger partial charge in [0.25, 0.3) is 0 Å². The number of nitrogens with one attached hydrogen (secondary N) is 1. The van der Waals surface area contributed by atoms with Crippen LogP contribution < -0.4 is 5.32 Å². The Morgan fingerprint density at radius 1 is 1.71 bits per heavy atom. The summed E-state index contributed by atoms with van der Waals surface area (Å²) in [4.78, 5) is 14.4. The van der Waals surface area contributed by atoms with E-state index in [2.05, 4.69) is 16.2 Å². The lowest BCUT2D eigenvalue weighted by molar-refractivity contribution is -0.137. The fraction of sp³-hybridized carbons (Fsp3) is 0.200. The molecule has 1 aromatic rings. The van der Waals surface area contributed by atoms with Gasteiger partial charge in [-0.05, 0) is 12.1 Å². The van der Waals surface area contributed by atoms with Crippen LogP contribution in [0.4, 0.5) is 5.82 Å². The molecule has 72 valence electrons. The van der Waals surface area contributed by atoms with Crippen LogP contribution in [-0.2, 0) is 4.79 Å². The van der Waals surface area contributed by atoms with E-state index in [9.17, 15) is 4.79 Å². The Kier molecular flexibility index (Phi) is 3.50. The third-order valence-electron chi connectivity index (χ3n) is 1.57. The van der Waals surface area contributed by atoms with E-state index in [4.69, 9.17) is 11.5 Å². The van der Waals surface area contributed by atoms with Crippen molar-refractivity contribution in [3.05, 3.63) is 24.4 Å². The first-order chi connectivity index (χ1) is 6.72. The van der Waals surface area contributed by atoms with Gasteiger partial charge < -0.3 is 10.4 Å². The quantitative estimate of drug-likeness (QED) is 0.694. The van der Waals surface area contributed by atoms with Crippen molar-refractivity contribution >= 4 is 11.8 Å². The predicted molar refractivity (Wildman–Crippen MR) is 52.7 cm³/mol. The topological polar surface area (TPSA) is 62.2 Å². The second kappa shape index (κ2) is 4.87. The minimum absolute atomic E-state index is 0.118. The van der Waals surface area contributed by atoms with Crippen LogP contribution in [0.2, 0.25) is 0 Å². The molecule has 1 rings (SSSR count). The smallest absolute Gasteiger partial charge is 0.306 e. The number of carboxylic acid groups (broad SMARTS) is 1. The van der Waals surface area contributed by atoms with Gasteiger partial charge in [0.1, 0.15) is 5.82 Å². The summed E-state index contributed by atoms with van der Waals surface area (Å²) in [7, 11) is 0. The van der Waals surface area contributed by atoms with Crippen molar-refractivity contribution in [2.45, 2.75) is 12.5 Å². The van der Waals surface area contributed by atoms with E-state index in [1.165, 1.54) is 0 Å². The number of rotatable bonds is 4. The molecule has 0 saturated carbocycles. The summed E-state index contributed by atoms with van der Waals surface area (Å²) >= 11 is 0. The maximum atomic E-state index is 10.4. The van der Waals surface area contributed by atoms with Gasteiger partial charge in [0, 0.05) is 6.20 Å². The number of carboxylic acids is 1. The first-order valence-electron chi connectivity index (χ1n) is 4.08. The summed E-state index contributed by atoms with van der Waals surface area (Å²) in [6.45, 7) is 0. The third kappa shape index (κ3) is 3.15. The molecule has 0 aliphatic carbocycles. The lowest BCUT2D eigenvalue weighted by Gasteiger charge is -2.10. The van der Waals surface area contributed by atoms with Crippen LogP contribution in [0.25, 0.3) is 0 Å². The molecule has 0 fully saturated rings. The molecule has 1 unspecified atom stereocenters. The highest BCUT2D eigenvalue weighted by Crippen LogP contribution is 2.04. The van der Waals surface area contributed by atoms with E-state index in [1.807, 2.05) is 0 Å². The maximum absolute atomic E-state index is 10.4. The molecule has 0 aromatic carbocycles. The van der Waals surface area contributed by atoms with E-state index < -0.39 is 12.0 Å². The number of nitrogens with zero attached hydrogens (tertiary/aromatic N) is 1. The van der Waals surface area contributed by atoms with Crippen molar-refractivity contribution in [1.82, 2.24) is 4.98 Å². The first-order valence-corrected chi connectivity index (χ1v) is 4.08. The lowest BCUT2D eigenvalue weighted by Crippen LogP contribution is -2.21. The van der Waals surface area contributed by atoms with Gasteiger partial charge in [0.15, 0.2) is 0 Å². The number of carbonyl (C=O) groups is 1. The van der Waals surface area contributed by atoms with E-state index in [0.29, 0.717) is 5.82 Å². The maximum Gasteiger partial charge on any atom is 0.306 e. The summed E-state index contributed by atoms with van der Waals surface area (Å²) in [5, 5.41) is 11.4. The van der Waals surface area contributed by atoms with Crippen molar-refractivity contribution < 1.29 is 9.90 Å². The number of aliphatic carboxylic acids is 1. The van der Waals surface area contributed by atoms with E-state index in [1.54, 1.807) is 24.4 Å². The molecular weight excluding hydrogens is 180 g/mol. The minimum atomic E-state index is -0.934. The Bertz CT molecular complexity index is 343. The van der Waals surface area contributed by atoms with Crippen LogP contribution in [-0.4, -0.2) is 22.1 Å². The highest BCUT2D eigenvalue weighted by atomic mass is 16.4. The van der Waals surface area contributed by atoms with Gasteiger partial charge in [-0.1, -0.05) is 12.0 Å². The Labute approximate surface area is 82.0 Å². The van der Waals surface area contributed by atoms with Gasteiger partial charge in [0.05, 0.1) is 12.5 Å². The van der Waals surface area contributed by atoms with Crippen LogP contribution in [0.5, 0.6) is 0 Å². The van der Waals surface area contributed by atoms with E-state index >= 15 is 0 Å². The number of hydrogen-bond donors (Lipinski definition) is 2. The Morgan fingerprint density at radius 3 is 3.00 bits per heavy atom. The fourth-order valence-electron chi connectivity index (χ4n) is 0.953. The molecule has 0 amide bonds. The highest BCUT2D eigenvalue weighted by Gasteiger charge is 2.09. The van der Waals surface area contributed by atoms with Crippen LogP contribution in [0.15, 0.2) is 24.4 Å². The number of hydrogen-bond acceptors (Lipinski definition) is 3. The molecule has 2 N–H and O–H groups in total. The molecule has 4 nitrogen and oxygen atoms in total. The van der Waals surface area contributed by atoms with Crippen molar-refractivity contribution in [3.8, 4) is 12.3 Å². The Hall–Kier alpha value is -2.02. The molecule has 0 bridgehead atoms. The van der Waals surface area contributed by atoms with Crippen molar-refractivity contribution in [3.63, 3.8) is 0 Å². The zero-order valence-electron chi connectivity index (χ0n) is 7.47. The molecular formula is C10H10N2O2. The molecule has 1 atom stereocenters. The average Bonchev–Trinajstić information content (AvgIpc) is 2.17. The van der Waals surface area contributed by atoms with Gasteiger partial charge in [-0.2, -0.15) is 0 Å². The van der Waals surface area contributed by atoms with Crippen LogP contribution in [0, 0.1) is 12.3 Å². The predicted octanol–water partition coefficient (Wildman–Crippen LogP) is 0.970. The van der Waals surface area contributed by atoms with Gasteiger partial charge in [-0.25, -0.2) is 4.98 Å². The van der Waals surface area contributed by atoms with Crippen molar-refractivity contribution in [1.29, 1.82) is 0 Å². The zero-order valence-corrected chi connectivity index (χ0v) is 7.47. The zero-order chi connectivity index (χ0) is 10.4. The summed E-state index contributed by atoms with van der Waals surface area (Å²) in [5.41, 5.74) is 0. The molecule has 1 heterocycles. The molecule has 0 saturated heterocycles. The molecule has 4 heteroatoms. The minimum Gasteiger partial charge on any atom is -0.481 e. The standard InChI is InChI=1S/C10H10N2O2/c1-2-8(7-10(13)14)12-9-5-3-4-6-11-9/h1,3-6,8H,7H2,(H,11,12)(H,13,14). The first kappa shape index (κ1) is 10.1. The normalized spacial score (nSPS) is 11.4. The van der Waals surface area contributed by atoms with Gasteiger partial charge in [-0.15, -0.1) is 6.42 Å². The monoisotopic (exact) mass is 190 g/mol. The second-order valence-electron chi connectivity index (χ2n) is 2.68. The summed E-state index contributed by atoms with van der Waals surface area (Å²) < 4.78 is 0. The van der Waals surface area contributed by atoms with Crippen LogP contribution >= 0.6 is 0 Å². The van der Waals surface area contributed by atoms with Crippen LogP contribution in [0.1, 0.15) is 6.42 Å². The molecule has 1 aromatic heterocycles. The van der Waals surface area contributed by atoms with Gasteiger partial charge in [0.2, 0.25) is 0 Å². The lowest BCUT2D eigenvalue weighted by atomic mass is 10.2. The number of terminal acetylenes is 1. The second-order valence-corrected chi connectivity index (χ2v) is 2.68. The van der Waals surface area contributed by atoms with Crippen LogP contribution in [0.3, 0.4) is 0 Å². The van der Waals surface area contributed by atoms with Gasteiger partial charge >= 0.3 is 5.97 Å². The average molecular weight is 190 g/mol. The van der Waals surface area contributed by atoms with Crippen molar-refractivity contribution in [2.75, 3.05) is 5.32 Å². The molecule has 0 aliphatic heterocycles. The highest BCUT2D eigenvalue weighted by molar-refractivity contribution is 5.69.